The molecule has 1 heterocycles. The molecule has 116 valence electrons. The van der Waals surface area contributed by atoms with E-state index in [1.165, 1.54) is 11.3 Å². The number of carbonyl (C=O) groups excluding carboxylic acids is 2. The van der Waals surface area contributed by atoms with Gasteiger partial charge in [-0.15, -0.1) is 11.3 Å². The van der Waals surface area contributed by atoms with Crippen molar-refractivity contribution in [1.82, 2.24) is 5.32 Å². The largest absolute Gasteiger partial charge is 0.396 e. The van der Waals surface area contributed by atoms with Crippen LogP contribution >= 0.6 is 11.3 Å². The van der Waals surface area contributed by atoms with Crippen LogP contribution in [0.3, 0.4) is 0 Å². The standard InChI is InChI=1S/C16H23NO3S/c1-11-5-7-13(21-11)12(19)6-8-15(20)17-14-4-3-9-16(14,2)10-18/h5,7,14,18H,3-4,6,8-10H2,1-2H3,(H,17,20). The number of hydrogen-bond donors (Lipinski definition) is 2. The number of aryl methyl sites for hydroxylation is 1. The first kappa shape index (κ1) is 16.2. The van der Waals surface area contributed by atoms with Crippen LogP contribution in [-0.4, -0.2) is 29.4 Å². The minimum atomic E-state index is -0.218. The number of thiophene rings is 1. The molecule has 1 saturated carbocycles. The molecule has 0 aliphatic heterocycles. The van der Waals surface area contributed by atoms with E-state index in [-0.39, 0.29) is 42.6 Å². The molecule has 0 spiro atoms. The maximum Gasteiger partial charge on any atom is 0.220 e. The van der Waals surface area contributed by atoms with Crippen LogP contribution in [0, 0.1) is 12.3 Å². The highest BCUT2D eigenvalue weighted by atomic mass is 32.1. The van der Waals surface area contributed by atoms with Gasteiger partial charge < -0.3 is 10.4 Å². The second kappa shape index (κ2) is 6.71. The van der Waals surface area contributed by atoms with Crippen molar-refractivity contribution in [3.63, 3.8) is 0 Å². The van der Waals surface area contributed by atoms with Crippen LogP contribution in [0.15, 0.2) is 12.1 Å². The van der Waals surface area contributed by atoms with Gasteiger partial charge >= 0.3 is 0 Å². The highest BCUT2D eigenvalue weighted by Crippen LogP contribution is 2.37. The summed E-state index contributed by atoms with van der Waals surface area (Å²) in [4.78, 5) is 25.8. The number of aliphatic hydroxyl groups is 1. The van der Waals surface area contributed by atoms with Crippen molar-refractivity contribution in [2.24, 2.45) is 5.41 Å². The van der Waals surface area contributed by atoms with Crippen molar-refractivity contribution in [2.45, 2.75) is 52.0 Å². The number of rotatable bonds is 6. The first-order valence-corrected chi connectivity index (χ1v) is 8.26. The Balaban J connectivity index is 1.81. The summed E-state index contributed by atoms with van der Waals surface area (Å²) >= 11 is 1.47. The van der Waals surface area contributed by atoms with E-state index >= 15 is 0 Å². The molecule has 2 atom stereocenters. The Morgan fingerprint density at radius 2 is 2.19 bits per heavy atom. The predicted molar refractivity (Wildman–Crippen MR) is 83.6 cm³/mol. The first-order chi connectivity index (χ1) is 9.94. The predicted octanol–water partition coefficient (Wildman–Crippen LogP) is 2.69. The normalized spacial score (nSPS) is 25.0. The molecule has 2 N–H and O–H groups in total. The maximum absolute atomic E-state index is 12.0. The molecule has 1 aromatic rings. The number of amides is 1. The summed E-state index contributed by atoms with van der Waals surface area (Å²) in [5.41, 5.74) is -0.218. The van der Waals surface area contributed by atoms with Gasteiger partial charge in [-0.25, -0.2) is 0 Å². The average molecular weight is 309 g/mol. The van der Waals surface area contributed by atoms with Gasteiger partial charge in [0.25, 0.3) is 0 Å². The van der Waals surface area contributed by atoms with E-state index in [4.69, 9.17) is 0 Å². The van der Waals surface area contributed by atoms with Crippen LogP contribution < -0.4 is 5.32 Å². The van der Waals surface area contributed by atoms with Crippen molar-refractivity contribution in [2.75, 3.05) is 6.61 Å². The zero-order valence-corrected chi connectivity index (χ0v) is 13.5. The quantitative estimate of drug-likeness (QED) is 0.794. The molecule has 4 nitrogen and oxygen atoms in total. The molecule has 0 aromatic carbocycles. The van der Waals surface area contributed by atoms with Crippen molar-refractivity contribution < 1.29 is 14.7 Å². The average Bonchev–Trinajstić information content (AvgIpc) is 3.04. The molecule has 5 heteroatoms. The van der Waals surface area contributed by atoms with E-state index in [0.717, 1.165) is 29.0 Å². The van der Waals surface area contributed by atoms with Crippen LogP contribution in [0.1, 0.15) is 53.6 Å². The summed E-state index contributed by atoms with van der Waals surface area (Å²) in [5.74, 6) is -0.0669. The highest BCUT2D eigenvalue weighted by Gasteiger charge is 2.38. The van der Waals surface area contributed by atoms with Gasteiger partial charge in [0, 0.05) is 29.2 Å². The van der Waals surface area contributed by atoms with E-state index in [1.807, 2.05) is 26.0 Å². The fraction of sp³-hybridized carbons (Fsp3) is 0.625. The monoisotopic (exact) mass is 309 g/mol. The molecular weight excluding hydrogens is 286 g/mol. The van der Waals surface area contributed by atoms with Gasteiger partial charge in [0.1, 0.15) is 0 Å². The SMILES string of the molecule is Cc1ccc(C(=O)CCC(=O)NC2CCCC2(C)CO)s1. The first-order valence-electron chi connectivity index (χ1n) is 7.44. The topological polar surface area (TPSA) is 66.4 Å². The van der Waals surface area contributed by atoms with Crippen molar-refractivity contribution in [3.05, 3.63) is 21.9 Å². The lowest BCUT2D eigenvalue weighted by Gasteiger charge is -2.30. The van der Waals surface area contributed by atoms with E-state index in [2.05, 4.69) is 5.32 Å². The Bertz CT molecular complexity index is 525. The fourth-order valence-corrected chi connectivity index (χ4v) is 3.70. The molecule has 1 aliphatic carbocycles. The number of ketones is 1. The van der Waals surface area contributed by atoms with Crippen molar-refractivity contribution in [1.29, 1.82) is 0 Å². The summed E-state index contributed by atoms with van der Waals surface area (Å²) in [6.07, 6.45) is 3.32. The Morgan fingerprint density at radius 3 is 2.81 bits per heavy atom. The van der Waals surface area contributed by atoms with Gasteiger partial charge in [-0.3, -0.25) is 9.59 Å². The van der Waals surface area contributed by atoms with Crippen LogP contribution in [0.2, 0.25) is 0 Å². The summed E-state index contributed by atoms with van der Waals surface area (Å²) in [6, 6.07) is 3.76. The molecule has 0 saturated heterocycles. The Hall–Kier alpha value is -1.20. The number of hydrogen-bond acceptors (Lipinski definition) is 4. The van der Waals surface area contributed by atoms with Crippen LogP contribution in [-0.2, 0) is 4.79 Å². The van der Waals surface area contributed by atoms with Gasteiger partial charge in [-0.05, 0) is 31.9 Å². The third-order valence-corrected chi connectivity index (χ3v) is 5.41. The lowest BCUT2D eigenvalue weighted by molar-refractivity contribution is -0.122. The lowest BCUT2D eigenvalue weighted by atomic mass is 9.85. The molecule has 0 bridgehead atoms. The summed E-state index contributed by atoms with van der Waals surface area (Å²) in [6.45, 7) is 4.06. The van der Waals surface area contributed by atoms with Gasteiger partial charge in [0.15, 0.2) is 5.78 Å². The van der Waals surface area contributed by atoms with E-state index in [1.54, 1.807) is 0 Å². The number of nitrogens with one attached hydrogen (secondary N) is 1. The lowest BCUT2D eigenvalue weighted by Crippen LogP contribution is -2.44. The van der Waals surface area contributed by atoms with Gasteiger partial charge in [-0.2, -0.15) is 0 Å². The van der Waals surface area contributed by atoms with Gasteiger partial charge in [0.2, 0.25) is 5.91 Å². The van der Waals surface area contributed by atoms with Gasteiger partial charge in [0.05, 0.1) is 11.5 Å². The van der Waals surface area contributed by atoms with Crippen molar-refractivity contribution >= 4 is 23.0 Å². The summed E-state index contributed by atoms with van der Waals surface area (Å²) in [7, 11) is 0. The number of aliphatic hydroxyl groups excluding tert-OH is 1. The third-order valence-electron chi connectivity index (χ3n) is 4.37. The highest BCUT2D eigenvalue weighted by molar-refractivity contribution is 7.14. The third kappa shape index (κ3) is 3.92. The number of Topliss-reactive ketones (excluding diaryl/α,β-unsaturated/α-hetero) is 1. The summed E-state index contributed by atoms with van der Waals surface area (Å²) < 4.78 is 0. The Kier molecular flexibility index (Phi) is 5.17. The molecule has 1 amide bonds. The Morgan fingerprint density at radius 1 is 1.43 bits per heavy atom. The fourth-order valence-electron chi connectivity index (χ4n) is 2.87. The minimum Gasteiger partial charge on any atom is -0.396 e. The van der Waals surface area contributed by atoms with E-state index in [0.29, 0.717) is 0 Å². The Labute approximate surface area is 129 Å². The van der Waals surface area contributed by atoms with Gasteiger partial charge in [-0.1, -0.05) is 13.3 Å². The van der Waals surface area contributed by atoms with Crippen LogP contribution in [0.4, 0.5) is 0 Å². The zero-order valence-electron chi connectivity index (χ0n) is 12.6. The zero-order chi connectivity index (χ0) is 15.5. The molecular formula is C16H23NO3S. The maximum atomic E-state index is 12.0. The molecule has 1 aliphatic rings. The second-order valence-corrected chi connectivity index (χ2v) is 7.45. The molecule has 2 rings (SSSR count). The van der Waals surface area contributed by atoms with E-state index < -0.39 is 0 Å². The molecule has 21 heavy (non-hydrogen) atoms. The van der Waals surface area contributed by atoms with Crippen molar-refractivity contribution in [3.8, 4) is 0 Å². The minimum absolute atomic E-state index is 0.0223. The second-order valence-electron chi connectivity index (χ2n) is 6.16. The smallest absolute Gasteiger partial charge is 0.220 e. The van der Waals surface area contributed by atoms with Crippen LogP contribution in [0.25, 0.3) is 0 Å². The molecule has 0 radical (unpaired) electrons. The molecule has 2 unspecified atom stereocenters. The number of carbonyl (C=O) groups is 2. The van der Waals surface area contributed by atoms with Crippen LogP contribution in [0.5, 0.6) is 0 Å². The summed E-state index contributed by atoms with van der Waals surface area (Å²) in [5, 5.41) is 12.5. The molecule has 1 fully saturated rings. The molecule has 1 aromatic heterocycles. The van der Waals surface area contributed by atoms with E-state index in [9.17, 15) is 14.7 Å².